The Balaban J connectivity index is 3.12. The maximum atomic E-state index is 8.90. The molecule has 2 nitrogen and oxygen atoms in total. The first kappa shape index (κ1) is 12.2. The average molecular weight is 326 g/mol. The van der Waals surface area contributed by atoms with E-state index in [1.807, 2.05) is 25.1 Å². The number of halogens is 2. The van der Waals surface area contributed by atoms with Gasteiger partial charge in [0.05, 0.1) is 5.02 Å². The Morgan fingerprint density at radius 2 is 2.21 bits per heavy atom. The zero-order chi connectivity index (χ0) is 10.8. The smallest absolute Gasteiger partial charge is 0.0589 e. The molecule has 0 amide bonds. The van der Waals surface area contributed by atoms with Crippen LogP contribution in [0.2, 0.25) is 5.02 Å². The summed E-state index contributed by atoms with van der Waals surface area (Å²) in [6.07, 6.45) is 0.507. The van der Waals surface area contributed by atoms with Gasteiger partial charge in [0, 0.05) is 15.7 Å². The summed E-state index contributed by atoms with van der Waals surface area (Å²) in [5.74, 6) is 0. The first-order valence-corrected chi connectivity index (χ1v) is 5.79. The molecular formula is C10H13ClINO. The highest BCUT2D eigenvalue weighted by atomic mass is 127. The number of aliphatic hydroxyl groups is 1. The molecule has 0 heterocycles. The highest BCUT2D eigenvalue weighted by Gasteiger charge is 2.23. The summed E-state index contributed by atoms with van der Waals surface area (Å²) in [7, 11) is 0. The molecule has 1 aromatic rings. The minimum Gasteiger partial charge on any atom is -0.396 e. The SMILES string of the molecule is C[C@](N)(CCO)c1cccc(I)c1Cl. The molecule has 0 saturated carbocycles. The molecule has 0 aromatic heterocycles. The molecule has 14 heavy (non-hydrogen) atoms. The minimum atomic E-state index is -0.562. The molecule has 0 unspecified atom stereocenters. The molecule has 3 N–H and O–H groups in total. The van der Waals surface area contributed by atoms with Gasteiger partial charge in [-0.15, -0.1) is 0 Å². The quantitative estimate of drug-likeness (QED) is 0.839. The van der Waals surface area contributed by atoms with Crippen LogP contribution in [-0.4, -0.2) is 11.7 Å². The van der Waals surface area contributed by atoms with Gasteiger partial charge < -0.3 is 10.8 Å². The fourth-order valence-electron chi connectivity index (χ4n) is 1.31. The van der Waals surface area contributed by atoms with Crippen LogP contribution in [0.15, 0.2) is 18.2 Å². The number of hydrogen-bond acceptors (Lipinski definition) is 2. The van der Waals surface area contributed by atoms with E-state index in [1.165, 1.54) is 0 Å². The third-order valence-corrected chi connectivity index (χ3v) is 3.82. The summed E-state index contributed by atoms with van der Waals surface area (Å²) in [5, 5.41) is 9.59. The molecular weight excluding hydrogens is 312 g/mol. The fraction of sp³-hybridized carbons (Fsp3) is 0.400. The topological polar surface area (TPSA) is 46.2 Å². The molecule has 0 aliphatic rings. The second-order valence-corrected chi connectivity index (χ2v) is 5.03. The monoisotopic (exact) mass is 325 g/mol. The van der Waals surface area contributed by atoms with Crippen molar-refractivity contribution in [2.75, 3.05) is 6.61 Å². The summed E-state index contributed by atoms with van der Waals surface area (Å²) in [5.41, 5.74) is 6.40. The van der Waals surface area contributed by atoms with Crippen molar-refractivity contribution in [3.8, 4) is 0 Å². The minimum absolute atomic E-state index is 0.0643. The van der Waals surface area contributed by atoms with E-state index in [1.54, 1.807) is 0 Å². The maximum absolute atomic E-state index is 8.90. The Morgan fingerprint density at radius 3 is 2.79 bits per heavy atom. The van der Waals surface area contributed by atoms with Gasteiger partial charge in [-0.25, -0.2) is 0 Å². The normalized spacial score (nSPS) is 15.2. The maximum Gasteiger partial charge on any atom is 0.0589 e. The molecule has 0 radical (unpaired) electrons. The van der Waals surface area contributed by atoms with Gasteiger partial charge in [0.2, 0.25) is 0 Å². The van der Waals surface area contributed by atoms with Gasteiger partial charge in [0.1, 0.15) is 0 Å². The molecule has 0 bridgehead atoms. The standard InChI is InChI=1S/C10H13ClINO/c1-10(13,5-6-14)7-3-2-4-8(12)9(7)11/h2-4,14H,5-6,13H2,1H3/t10-/m0/s1. The lowest BCUT2D eigenvalue weighted by Crippen LogP contribution is -2.34. The Hall–Kier alpha value is 0.160. The van der Waals surface area contributed by atoms with Gasteiger partial charge in [-0.1, -0.05) is 23.7 Å². The summed E-state index contributed by atoms with van der Waals surface area (Å²) < 4.78 is 0.983. The Kier molecular flexibility index (Phi) is 4.18. The van der Waals surface area contributed by atoms with Crippen molar-refractivity contribution in [2.45, 2.75) is 18.9 Å². The lowest BCUT2D eigenvalue weighted by Gasteiger charge is -2.25. The number of hydrogen-bond donors (Lipinski definition) is 2. The number of aliphatic hydroxyl groups excluding tert-OH is 1. The van der Waals surface area contributed by atoms with Gasteiger partial charge in [0.15, 0.2) is 0 Å². The molecule has 78 valence electrons. The van der Waals surface area contributed by atoms with E-state index in [4.69, 9.17) is 22.4 Å². The lowest BCUT2D eigenvalue weighted by molar-refractivity contribution is 0.247. The van der Waals surface area contributed by atoms with E-state index in [9.17, 15) is 0 Å². The molecule has 1 aromatic carbocycles. The van der Waals surface area contributed by atoms with Crippen molar-refractivity contribution >= 4 is 34.2 Å². The van der Waals surface area contributed by atoms with Gasteiger partial charge in [-0.05, 0) is 47.6 Å². The molecule has 1 atom stereocenters. The number of benzene rings is 1. The molecule has 0 aliphatic heterocycles. The Labute approximate surface area is 103 Å². The predicted molar refractivity (Wildman–Crippen MR) is 67.4 cm³/mol. The van der Waals surface area contributed by atoms with Crippen LogP contribution in [0.3, 0.4) is 0 Å². The molecule has 0 spiro atoms. The van der Waals surface area contributed by atoms with E-state index in [-0.39, 0.29) is 6.61 Å². The molecule has 0 saturated heterocycles. The number of nitrogens with two attached hydrogens (primary N) is 1. The van der Waals surface area contributed by atoms with E-state index >= 15 is 0 Å². The Bertz CT molecular complexity index is 328. The second-order valence-electron chi connectivity index (χ2n) is 3.49. The van der Waals surface area contributed by atoms with Crippen LogP contribution in [0.25, 0.3) is 0 Å². The second kappa shape index (κ2) is 4.79. The summed E-state index contributed by atoms with van der Waals surface area (Å²) in [4.78, 5) is 0. The number of rotatable bonds is 3. The van der Waals surface area contributed by atoms with E-state index in [0.717, 1.165) is 9.13 Å². The fourth-order valence-corrected chi connectivity index (χ4v) is 2.15. The molecule has 0 aliphatic carbocycles. The summed E-state index contributed by atoms with van der Waals surface area (Å²) >= 11 is 8.31. The predicted octanol–water partition coefficient (Wildman–Crippen LogP) is 2.50. The van der Waals surface area contributed by atoms with Crippen molar-refractivity contribution in [1.82, 2.24) is 0 Å². The van der Waals surface area contributed by atoms with Crippen molar-refractivity contribution in [1.29, 1.82) is 0 Å². The van der Waals surface area contributed by atoms with E-state index in [2.05, 4.69) is 22.6 Å². The van der Waals surface area contributed by atoms with Crippen molar-refractivity contribution in [3.05, 3.63) is 32.4 Å². The van der Waals surface area contributed by atoms with Crippen LogP contribution in [-0.2, 0) is 5.54 Å². The highest BCUT2D eigenvalue weighted by molar-refractivity contribution is 14.1. The average Bonchev–Trinajstić information content (AvgIpc) is 2.09. The van der Waals surface area contributed by atoms with Crippen LogP contribution in [0.5, 0.6) is 0 Å². The zero-order valence-corrected chi connectivity index (χ0v) is 10.8. The van der Waals surface area contributed by atoms with Crippen LogP contribution < -0.4 is 5.73 Å². The molecule has 4 heteroatoms. The third-order valence-electron chi connectivity index (χ3n) is 2.20. The van der Waals surface area contributed by atoms with E-state index < -0.39 is 5.54 Å². The van der Waals surface area contributed by atoms with Gasteiger partial charge in [0.25, 0.3) is 0 Å². The molecule has 1 rings (SSSR count). The van der Waals surface area contributed by atoms with Crippen LogP contribution >= 0.6 is 34.2 Å². The van der Waals surface area contributed by atoms with Gasteiger partial charge in [-0.3, -0.25) is 0 Å². The van der Waals surface area contributed by atoms with Crippen LogP contribution in [0, 0.1) is 3.57 Å². The van der Waals surface area contributed by atoms with Gasteiger partial charge >= 0.3 is 0 Å². The molecule has 0 fully saturated rings. The first-order valence-electron chi connectivity index (χ1n) is 4.33. The third kappa shape index (κ3) is 2.59. The first-order chi connectivity index (χ1) is 6.49. The van der Waals surface area contributed by atoms with Crippen molar-refractivity contribution < 1.29 is 5.11 Å². The van der Waals surface area contributed by atoms with Crippen LogP contribution in [0.4, 0.5) is 0 Å². The van der Waals surface area contributed by atoms with Gasteiger partial charge in [-0.2, -0.15) is 0 Å². The summed E-state index contributed by atoms with van der Waals surface area (Å²) in [6, 6.07) is 5.76. The zero-order valence-electron chi connectivity index (χ0n) is 7.93. The lowest BCUT2D eigenvalue weighted by atomic mass is 9.90. The Morgan fingerprint density at radius 1 is 1.57 bits per heavy atom. The van der Waals surface area contributed by atoms with Crippen molar-refractivity contribution in [3.63, 3.8) is 0 Å². The van der Waals surface area contributed by atoms with E-state index in [0.29, 0.717) is 11.4 Å². The highest BCUT2D eigenvalue weighted by Crippen LogP contribution is 2.31. The summed E-state index contributed by atoms with van der Waals surface area (Å²) in [6.45, 7) is 1.94. The largest absolute Gasteiger partial charge is 0.396 e. The van der Waals surface area contributed by atoms with Crippen molar-refractivity contribution in [2.24, 2.45) is 5.73 Å². The van der Waals surface area contributed by atoms with Crippen LogP contribution in [0.1, 0.15) is 18.9 Å².